The van der Waals surface area contributed by atoms with E-state index in [1.165, 1.54) is 0 Å². The number of hydrogen-bond donors (Lipinski definition) is 2. The van der Waals surface area contributed by atoms with Crippen LogP contribution in [0.2, 0.25) is 0 Å². The highest BCUT2D eigenvalue weighted by Crippen LogP contribution is 2.24. The zero-order valence-corrected chi connectivity index (χ0v) is 11.4. The molecule has 1 heterocycles. The van der Waals surface area contributed by atoms with Crippen LogP contribution in [0.15, 0.2) is 48.5 Å². The van der Waals surface area contributed by atoms with Gasteiger partial charge in [-0.05, 0) is 35.4 Å². The molecule has 21 heavy (non-hydrogen) atoms. The van der Waals surface area contributed by atoms with Gasteiger partial charge in [-0.3, -0.25) is 15.0 Å². The molecular formula is C16H15N3O2. The number of carbonyl (C=O) groups excluding carboxylic acids is 2. The zero-order valence-electron chi connectivity index (χ0n) is 11.4. The predicted octanol–water partition coefficient (Wildman–Crippen LogP) is 2.38. The first-order valence-corrected chi connectivity index (χ1v) is 6.71. The van der Waals surface area contributed by atoms with Crippen LogP contribution in [0.3, 0.4) is 0 Å². The average molecular weight is 281 g/mol. The summed E-state index contributed by atoms with van der Waals surface area (Å²) in [6.45, 7) is 0.409. The van der Waals surface area contributed by atoms with Gasteiger partial charge in [0.2, 0.25) is 5.91 Å². The van der Waals surface area contributed by atoms with Gasteiger partial charge in [-0.2, -0.15) is 0 Å². The third-order valence-corrected chi connectivity index (χ3v) is 3.48. The third kappa shape index (κ3) is 2.72. The van der Waals surface area contributed by atoms with Crippen LogP contribution < -0.4 is 16.0 Å². The van der Waals surface area contributed by atoms with Crippen LogP contribution in [0.1, 0.15) is 6.42 Å². The molecule has 106 valence electrons. The Bertz CT molecular complexity index is 678. The summed E-state index contributed by atoms with van der Waals surface area (Å²) in [6.07, 6.45) is 0.325. The third-order valence-electron chi connectivity index (χ3n) is 3.48. The first-order valence-electron chi connectivity index (χ1n) is 6.71. The maximum atomic E-state index is 11.8. The van der Waals surface area contributed by atoms with Gasteiger partial charge in [-0.15, -0.1) is 0 Å². The van der Waals surface area contributed by atoms with E-state index in [4.69, 9.17) is 5.73 Å². The number of hydrogen-bond acceptors (Lipinski definition) is 3. The van der Waals surface area contributed by atoms with Gasteiger partial charge in [0.15, 0.2) is 0 Å². The van der Waals surface area contributed by atoms with E-state index in [0.717, 1.165) is 22.5 Å². The van der Waals surface area contributed by atoms with Crippen molar-refractivity contribution in [3.05, 3.63) is 48.5 Å². The Hall–Kier alpha value is -2.82. The average Bonchev–Trinajstić information content (AvgIpc) is 2.48. The van der Waals surface area contributed by atoms with E-state index in [0.29, 0.717) is 13.0 Å². The molecule has 2 aromatic rings. The Kier molecular flexibility index (Phi) is 3.31. The molecule has 0 spiro atoms. The van der Waals surface area contributed by atoms with Crippen molar-refractivity contribution in [2.45, 2.75) is 6.42 Å². The van der Waals surface area contributed by atoms with Crippen molar-refractivity contribution in [3.8, 4) is 11.1 Å². The second kappa shape index (κ2) is 5.28. The number of anilines is 2. The predicted molar refractivity (Wildman–Crippen MR) is 81.8 cm³/mol. The Morgan fingerprint density at radius 3 is 2.05 bits per heavy atom. The van der Waals surface area contributed by atoms with E-state index in [1.807, 2.05) is 48.5 Å². The van der Waals surface area contributed by atoms with Crippen LogP contribution >= 0.6 is 0 Å². The first kappa shape index (κ1) is 13.2. The molecular weight excluding hydrogens is 266 g/mol. The van der Waals surface area contributed by atoms with Crippen LogP contribution in [0.4, 0.5) is 16.2 Å². The van der Waals surface area contributed by atoms with E-state index < -0.39 is 0 Å². The number of nitrogens with two attached hydrogens (primary N) is 1. The molecule has 2 aromatic carbocycles. The lowest BCUT2D eigenvalue weighted by molar-refractivity contribution is -0.120. The van der Waals surface area contributed by atoms with Gasteiger partial charge < -0.3 is 5.73 Å². The van der Waals surface area contributed by atoms with Gasteiger partial charge in [0, 0.05) is 24.3 Å². The molecule has 1 aliphatic heterocycles. The summed E-state index contributed by atoms with van der Waals surface area (Å²) in [4.78, 5) is 24.5. The summed E-state index contributed by atoms with van der Waals surface area (Å²) in [6, 6.07) is 14.9. The highest BCUT2D eigenvalue weighted by Gasteiger charge is 2.23. The Morgan fingerprint density at radius 2 is 1.48 bits per heavy atom. The number of urea groups is 1. The zero-order chi connectivity index (χ0) is 14.8. The van der Waals surface area contributed by atoms with Gasteiger partial charge in [0.25, 0.3) is 0 Å². The second-order valence-corrected chi connectivity index (χ2v) is 4.92. The fourth-order valence-electron chi connectivity index (χ4n) is 2.32. The minimum atomic E-state index is -0.369. The summed E-state index contributed by atoms with van der Waals surface area (Å²) in [5.74, 6) is -0.227. The molecule has 0 aromatic heterocycles. The minimum Gasteiger partial charge on any atom is -0.399 e. The molecule has 1 saturated heterocycles. The smallest absolute Gasteiger partial charge is 0.328 e. The lowest BCUT2D eigenvalue weighted by Gasteiger charge is -2.26. The monoisotopic (exact) mass is 281 g/mol. The molecule has 0 aliphatic carbocycles. The molecule has 5 nitrogen and oxygen atoms in total. The van der Waals surface area contributed by atoms with Crippen molar-refractivity contribution in [1.29, 1.82) is 0 Å². The highest BCUT2D eigenvalue weighted by molar-refractivity contribution is 6.05. The molecule has 3 amide bonds. The molecule has 3 rings (SSSR count). The van der Waals surface area contributed by atoms with Crippen molar-refractivity contribution in [3.63, 3.8) is 0 Å². The van der Waals surface area contributed by atoms with Crippen molar-refractivity contribution >= 4 is 23.3 Å². The van der Waals surface area contributed by atoms with Crippen LogP contribution in [0, 0.1) is 0 Å². The summed E-state index contributed by atoms with van der Waals surface area (Å²) >= 11 is 0. The number of benzene rings is 2. The van der Waals surface area contributed by atoms with Crippen molar-refractivity contribution in [2.24, 2.45) is 0 Å². The fraction of sp³-hybridized carbons (Fsp3) is 0.125. The van der Waals surface area contributed by atoms with Gasteiger partial charge in [0.1, 0.15) is 0 Å². The molecule has 0 saturated carbocycles. The van der Waals surface area contributed by atoms with Gasteiger partial charge >= 0.3 is 6.03 Å². The highest BCUT2D eigenvalue weighted by atomic mass is 16.2. The van der Waals surface area contributed by atoms with Crippen LogP contribution in [-0.2, 0) is 4.79 Å². The summed E-state index contributed by atoms with van der Waals surface area (Å²) in [5.41, 5.74) is 9.29. The lowest BCUT2D eigenvalue weighted by atomic mass is 10.0. The van der Waals surface area contributed by atoms with Crippen molar-refractivity contribution < 1.29 is 9.59 Å². The maximum absolute atomic E-state index is 11.8. The molecule has 0 bridgehead atoms. The Balaban J connectivity index is 1.82. The first-order chi connectivity index (χ1) is 10.1. The fourth-order valence-corrected chi connectivity index (χ4v) is 2.32. The topological polar surface area (TPSA) is 75.4 Å². The number of rotatable bonds is 2. The quantitative estimate of drug-likeness (QED) is 0.830. The van der Waals surface area contributed by atoms with Crippen LogP contribution in [0.5, 0.6) is 0 Å². The van der Waals surface area contributed by atoms with Crippen molar-refractivity contribution in [2.75, 3.05) is 17.2 Å². The van der Waals surface area contributed by atoms with E-state index in [-0.39, 0.29) is 11.9 Å². The van der Waals surface area contributed by atoms with E-state index in [1.54, 1.807) is 4.90 Å². The van der Waals surface area contributed by atoms with Gasteiger partial charge in [0.05, 0.1) is 0 Å². The minimum absolute atomic E-state index is 0.227. The largest absolute Gasteiger partial charge is 0.399 e. The number of amides is 3. The van der Waals surface area contributed by atoms with Crippen LogP contribution in [0.25, 0.3) is 11.1 Å². The maximum Gasteiger partial charge on any atom is 0.328 e. The molecule has 5 heteroatoms. The molecule has 0 radical (unpaired) electrons. The molecule has 1 fully saturated rings. The lowest BCUT2D eigenvalue weighted by Crippen LogP contribution is -2.49. The van der Waals surface area contributed by atoms with E-state index >= 15 is 0 Å². The Labute approximate surface area is 122 Å². The van der Waals surface area contributed by atoms with E-state index in [9.17, 15) is 9.59 Å². The molecule has 1 aliphatic rings. The molecule has 0 unspecified atom stereocenters. The normalized spacial score (nSPS) is 15.0. The number of nitrogen functional groups attached to an aromatic ring is 1. The second-order valence-electron chi connectivity index (χ2n) is 4.92. The standard InChI is InChI=1S/C16H15N3O2/c17-13-5-1-11(2-6-13)12-3-7-14(8-4-12)19-10-9-15(20)18-16(19)21/h1-8H,9-10,17H2,(H,18,20,21). The summed E-state index contributed by atoms with van der Waals surface area (Å²) < 4.78 is 0. The molecule has 3 N–H and O–H groups in total. The number of nitrogens with one attached hydrogen (secondary N) is 1. The van der Waals surface area contributed by atoms with Gasteiger partial charge in [-0.25, -0.2) is 4.79 Å². The molecule has 0 atom stereocenters. The van der Waals surface area contributed by atoms with Crippen LogP contribution in [-0.4, -0.2) is 18.5 Å². The number of imide groups is 1. The Morgan fingerprint density at radius 1 is 0.905 bits per heavy atom. The SMILES string of the molecule is Nc1ccc(-c2ccc(N3CCC(=O)NC3=O)cc2)cc1. The summed E-state index contributed by atoms with van der Waals surface area (Å²) in [5, 5.41) is 2.31. The summed E-state index contributed by atoms with van der Waals surface area (Å²) in [7, 11) is 0. The number of carbonyl (C=O) groups is 2. The van der Waals surface area contributed by atoms with E-state index in [2.05, 4.69) is 5.32 Å². The number of nitrogens with zero attached hydrogens (tertiary/aromatic N) is 1. The van der Waals surface area contributed by atoms with Gasteiger partial charge in [-0.1, -0.05) is 24.3 Å². The van der Waals surface area contributed by atoms with Crippen molar-refractivity contribution in [1.82, 2.24) is 5.32 Å².